The molecule has 0 aromatic heterocycles. The third-order valence-corrected chi connectivity index (χ3v) is 2.76. The molecule has 15 heavy (non-hydrogen) atoms. The SMILES string of the molecule is FC(F)(F)c1cc(Cl)ccc1[C@@H]1CCN1. The van der Waals surface area contributed by atoms with Crippen molar-refractivity contribution < 1.29 is 13.2 Å². The topological polar surface area (TPSA) is 12.0 Å². The molecule has 0 radical (unpaired) electrons. The van der Waals surface area contributed by atoms with Gasteiger partial charge in [0.1, 0.15) is 0 Å². The van der Waals surface area contributed by atoms with Crippen molar-refractivity contribution in [3.8, 4) is 0 Å². The Morgan fingerprint density at radius 2 is 2.00 bits per heavy atom. The van der Waals surface area contributed by atoms with Crippen molar-refractivity contribution in [2.45, 2.75) is 18.6 Å². The Kier molecular flexibility index (Phi) is 2.64. The van der Waals surface area contributed by atoms with Gasteiger partial charge in [-0.25, -0.2) is 0 Å². The second kappa shape index (κ2) is 3.68. The first-order chi connectivity index (χ1) is 6.98. The van der Waals surface area contributed by atoms with Crippen molar-refractivity contribution in [1.82, 2.24) is 5.32 Å². The minimum atomic E-state index is -4.34. The van der Waals surface area contributed by atoms with Crippen LogP contribution < -0.4 is 5.32 Å². The first-order valence-corrected chi connectivity index (χ1v) is 4.96. The van der Waals surface area contributed by atoms with Crippen LogP contribution >= 0.6 is 11.6 Å². The smallest absolute Gasteiger partial charge is 0.310 e. The van der Waals surface area contributed by atoms with Gasteiger partial charge in [-0.2, -0.15) is 13.2 Å². The van der Waals surface area contributed by atoms with Crippen LogP contribution in [-0.4, -0.2) is 6.54 Å². The fourth-order valence-electron chi connectivity index (χ4n) is 1.63. The van der Waals surface area contributed by atoms with Gasteiger partial charge < -0.3 is 5.32 Å². The molecule has 0 bridgehead atoms. The Bertz CT molecular complexity index is 371. The van der Waals surface area contributed by atoms with Crippen LogP contribution in [0.1, 0.15) is 23.6 Å². The van der Waals surface area contributed by atoms with E-state index in [1.54, 1.807) is 0 Å². The van der Waals surface area contributed by atoms with Crippen molar-refractivity contribution in [2.75, 3.05) is 6.54 Å². The van der Waals surface area contributed by atoms with Crippen LogP contribution in [0.3, 0.4) is 0 Å². The van der Waals surface area contributed by atoms with E-state index in [1.165, 1.54) is 12.1 Å². The molecule has 1 fully saturated rings. The molecule has 0 saturated carbocycles. The molecule has 1 nitrogen and oxygen atoms in total. The van der Waals surface area contributed by atoms with Crippen LogP contribution in [0.2, 0.25) is 5.02 Å². The number of nitrogens with one attached hydrogen (secondary N) is 1. The summed E-state index contributed by atoms with van der Waals surface area (Å²) >= 11 is 5.57. The van der Waals surface area contributed by atoms with Gasteiger partial charge in [0, 0.05) is 11.1 Å². The van der Waals surface area contributed by atoms with E-state index in [1.807, 2.05) is 0 Å². The van der Waals surface area contributed by atoms with Crippen molar-refractivity contribution in [3.63, 3.8) is 0 Å². The molecule has 1 aromatic carbocycles. The fourth-order valence-corrected chi connectivity index (χ4v) is 1.80. The molecule has 0 spiro atoms. The first-order valence-electron chi connectivity index (χ1n) is 4.58. The molecule has 2 rings (SSSR count). The Labute approximate surface area is 90.2 Å². The molecule has 1 atom stereocenters. The third-order valence-electron chi connectivity index (χ3n) is 2.52. The molecule has 1 saturated heterocycles. The highest BCUT2D eigenvalue weighted by molar-refractivity contribution is 6.30. The van der Waals surface area contributed by atoms with E-state index in [0.717, 1.165) is 19.0 Å². The monoisotopic (exact) mass is 235 g/mol. The van der Waals surface area contributed by atoms with Crippen molar-refractivity contribution in [3.05, 3.63) is 34.3 Å². The molecular weight excluding hydrogens is 227 g/mol. The Morgan fingerprint density at radius 1 is 1.33 bits per heavy atom. The molecule has 0 aliphatic carbocycles. The quantitative estimate of drug-likeness (QED) is 0.787. The van der Waals surface area contributed by atoms with E-state index in [2.05, 4.69) is 5.32 Å². The predicted octanol–water partition coefficient (Wildman–Crippen LogP) is 3.39. The largest absolute Gasteiger partial charge is 0.416 e. The summed E-state index contributed by atoms with van der Waals surface area (Å²) in [7, 11) is 0. The zero-order valence-corrected chi connectivity index (χ0v) is 8.49. The molecule has 0 amide bonds. The van der Waals surface area contributed by atoms with Gasteiger partial charge in [0.2, 0.25) is 0 Å². The molecule has 1 aromatic rings. The predicted molar refractivity (Wildman–Crippen MR) is 51.8 cm³/mol. The van der Waals surface area contributed by atoms with Crippen LogP contribution in [0.4, 0.5) is 13.2 Å². The van der Waals surface area contributed by atoms with E-state index >= 15 is 0 Å². The van der Waals surface area contributed by atoms with Crippen LogP contribution in [0.25, 0.3) is 0 Å². The summed E-state index contributed by atoms with van der Waals surface area (Å²) < 4.78 is 38.0. The van der Waals surface area contributed by atoms with Crippen LogP contribution in [0.15, 0.2) is 18.2 Å². The highest BCUT2D eigenvalue weighted by Crippen LogP contribution is 2.38. The van der Waals surface area contributed by atoms with Crippen LogP contribution in [0, 0.1) is 0 Å². The zero-order chi connectivity index (χ0) is 11.1. The maximum absolute atomic E-state index is 12.7. The summed E-state index contributed by atoms with van der Waals surface area (Å²) in [5.41, 5.74) is -0.342. The molecule has 0 unspecified atom stereocenters. The van der Waals surface area contributed by atoms with Crippen LogP contribution in [0.5, 0.6) is 0 Å². The molecule has 1 heterocycles. The van der Waals surface area contributed by atoms with E-state index in [0.29, 0.717) is 0 Å². The summed E-state index contributed by atoms with van der Waals surface area (Å²) in [6.45, 7) is 0.768. The van der Waals surface area contributed by atoms with E-state index in [4.69, 9.17) is 11.6 Å². The molecule has 5 heteroatoms. The number of halogens is 4. The molecule has 1 N–H and O–H groups in total. The molecular formula is C10H9ClF3N. The summed E-state index contributed by atoms with van der Waals surface area (Å²) in [6.07, 6.45) is -3.60. The zero-order valence-electron chi connectivity index (χ0n) is 7.74. The number of hydrogen-bond acceptors (Lipinski definition) is 1. The average Bonchev–Trinajstić information content (AvgIpc) is 2.03. The number of benzene rings is 1. The summed E-state index contributed by atoms with van der Waals surface area (Å²) in [5, 5.41) is 3.07. The van der Waals surface area contributed by atoms with Gasteiger partial charge >= 0.3 is 6.18 Å². The second-order valence-electron chi connectivity index (χ2n) is 3.52. The number of rotatable bonds is 1. The highest BCUT2D eigenvalue weighted by Gasteiger charge is 2.36. The maximum Gasteiger partial charge on any atom is 0.416 e. The van der Waals surface area contributed by atoms with Gasteiger partial charge in [-0.05, 0) is 30.7 Å². The Balaban J connectivity index is 2.44. The van der Waals surface area contributed by atoms with Crippen molar-refractivity contribution in [2.24, 2.45) is 0 Å². The van der Waals surface area contributed by atoms with E-state index in [9.17, 15) is 13.2 Å². The second-order valence-corrected chi connectivity index (χ2v) is 3.96. The molecule has 82 valence electrons. The van der Waals surface area contributed by atoms with Gasteiger partial charge in [0.05, 0.1) is 5.56 Å². The summed E-state index contributed by atoms with van der Waals surface area (Å²) in [6, 6.07) is 3.74. The summed E-state index contributed by atoms with van der Waals surface area (Å²) in [4.78, 5) is 0. The van der Waals surface area contributed by atoms with Crippen LogP contribution in [-0.2, 0) is 6.18 Å². The highest BCUT2D eigenvalue weighted by atomic mass is 35.5. The lowest BCUT2D eigenvalue weighted by molar-refractivity contribution is -0.138. The average molecular weight is 236 g/mol. The first kappa shape index (κ1) is 10.8. The molecule has 1 aliphatic heterocycles. The van der Waals surface area contributed by atoms with E-state index < -0.39 is 11.7 Å². The minimum absolute atomic E-state index is 0.116. The van der Waals surface area contributed by atoms with E-state index in [-0.39, 0.29) is 16.6 Å². The lowest BCUT2D eigenvalue weighted by atomic mass is 9.93. The third kappa shape index (κ3) is 2.11. The lowest BCUT2D eigenvalue weighted by Gasteiger charge is -2.30. The van der Waals surface area contributed by atoms with Gasteiger partial charge in [0.25, 0.3) is 0 Å². The minimum Gasteiger partial charge on any atom is -0.310 e. The van der Waals surface area contributed by atoms with Gasteiger partial charge in [-0.3, -0.25) is 0 Å². The standard InChI is InChI=1S/C10H9ClF3N/c11-6-1-2-7(9-3-4-15-9)8(5-6)10(12,13)14/h1-2,5,9,15H,3-4H2/t9-/m0/s1. The Morgan fingerprint density at radius 3 is 2.47 bits per heavy atom. The summed E-state index contributed by atoms with van der Waals surface area (Å²) in [5.74, 6) is 0. The van der Waals surface area contributed by atoms with Crippen molar-refractivity contribution in [1.29, 1.82) is 0 Å². The molecule has 1 aliphatic rings. The number of hydrogen-bond donors (Lipinski definition) is 1. The fraction of sp³-hybridized carbons (Fsp3) is 0.400. The van der Waals surface area contributed by atoms with Crippen molar-refractivity contribution >= 4 is 11.6 Å². The lowest BCUT2D eigenvalue weighted by Crippen LogP contribution is -2.36. The maximum atomic E-state index is 12.7. The Hall–Kier alpha value is -0.740. The van der Waals surface area contributed by atoms with Gasteiger partial charge in [-0.1, -0.05) is 17.7 Å². The van der Waals surface area contributed by atoms with Gasteiger partial charge in [-0.15, -0.1) is 0 Å². The normalized spacial score (nSPS) is 21.2. The number of alkyl halides is 3. The van der Waals surface area contributed by atoms with Gasteiger partial charge in [0.15, 0.2) is 0 Å².